The maximum absolute atomic E-state index is 12.9. The van der Waals surface area contributed by atoms with Crippen molar-refractivity contribution in [2.45, 2.75) is 6.54 Å². The molecule has 2 aromatic carbocycles. The summed E-state index contributed by atoms with van der Waals surface area (Å²) in [6, 6.07) is 15.6. The van der Waals surface area contributed by atoms with E-state index < -0.39 is 11.8 Å². The minimum atomic E-state index is -0.426. The number of hydrogen-bond acceptors (Lipinski definition) is 4. The summed E-state index contributed by atoms with van der Waals surface area (Å²) in [5, 5.41) is 14.2. The molecule has 0 atom stereocenters. The van der Waals surface area contributed by atoms with Gasteiger partial charge in [0.15, 0.2) is 0 Å². The largest absolute Gasteiger partial charge is 0.348 e. The van der Waals surface area contributed by atoms with E-state index in [2.05, 4.69) is 15.6 Å². The molecular formula is C21H15FN4O2. The zero-order valence-corrected chi connectivity index (χ0v) is 14.6. The average molecular weight is 374 g/mol. The standard InChI is InChI=1S/C21H15FN4O2/c22-18-5-1-15(2-6-18)11-25-20(27)16-9-17(13-24-12-16)21(28)26-19-7-3-14(10-23)4-8-19/h1-9,12-13H,11H2,(H,25,27)(H,26,28). The number of benzene rings is 2. The summed E-state index contributed by atoms with van der Waals surface area (Å²) >= 11 is 0. The van der Waals surface area contributed by atoms with Crippen LogP contribution in [0.25, 0.3) is 0 Å². The molecule has 1 aromatic heterocycles. The third-order valence-corrected chi connectivity index (χ3v) is 3.90. The number of carbonyl (C=O) groups is 2. The van der Waals surface area contributed by atoms with Crippen LogP contribution in [0.1, 0.15) is 31.8 Å². The van der Waals surface area contributed by atoms with Crippen LogP contribution in [-0.2, 0) is 6.54 Å². The van der Waals surface area contributed by atoms with E-state index >= 15 is 0 Å². The van der Waals surface area contributed by atoms with Gasteiger partial charge in [-0.1, -0.05) is 12.1 Å². The number of hydrogen-bond donors (Lipinski definition) is 2. The SMILES string of the molecule is N#Cc1ccc(NC(=O)c2cncc(C(=O)NCc3ccc(F)cc3)c2)cc1. The first-order valence-corrected chi connectivity index (χ1v) is 8.34. The Morgan fingerprint density at radius 3 is 2.25 bits per heavy atom. The monoisotopic (exact) mass is 374 g/mol. The molecule has 28 heavy (non-hydrogen) atoms. The lowest BCUT2D eigenvalue weighted by atomic mass is 10.1. The van der Waals surface area contributed by atoms with Crippen molar-refractivity contribution in [2.75, 3.05) is 5.32 Å². The van der Waals surface area contributed by atoms with E-state index in [1.54, 1.807) is 36.4 Å². The van der Waals surface area contributed by atoms with Crippen molar-refractivity contribution >= 4 is 17.5 Å². The molecule has 2 amide bonds. The van der Waals surface area contributed by atoms with Crippen molar-refractivity contribution in [1.29, 1.82) is 5.26 Å². The number of aromatic nitrogens is 1. The van der Waals surface area contributed by atoms with Crippen molar-refractivity contribution in [3.63, 3.8) is 0 Å². The summed E-state index contributed by atoms with van der Waals surface area (Å²) in [4.78, 5) is 28.6. The molecule has 0 saturated heterocycles. The predicted molar refractivity (Wildman–Crippen MR) is 101 cm³/mol. The summed E-state index contributed by atoms with van der Waals surface area (Å²) in [6.07, 6.45) is 2.72. The van der Waals surface area contributed by atoms with Crippen LogP contribution >= 0.6 is 0 Å². The summed E-state index contributed by atoms with van der Waals surface area (Å²) in [5.74, 6) is -1.17. The molecule has 0 fully saturated rings. The van der Waals surface area contributed by atoms with Gasteiger partial charge in [-0.3, -0.25) is 14.6 Å². The van der Waals surface area contributed by atoms with Gasteiger partial charge in [-0.25, -0.2) is 4.39 Å². The Labute approximate surface area is 160 Å². The molecule has 0 unspecified atom stereocenters. The molecule has 1 heterocycles. The lowest BCUT2D eigenvalue weighted by Gasteiger charge is -2.08. The molecular weight excluding hydrogens is 359 g/mol. The molecule has 3 rings (SSSR count). The fraction of sp³-hybridized carbons (Fsp3) is 0.0476. The molecule has 0 aliphatic rings. The number of amides is 2. The summed E-state index contributed by atoms with van der Waals surface area (Å²) in [6.45, 7) is 0.223. The summed E-state index contributed by atoms with van der Waals surface area (Å²) in [5.41, 5.74) is 2.21. The number of pyridine rings is 1. The molecule has 7 heteroatoms. The maximum Gasteiger partial charge on any atom is 0.257 e. The molecule has 0 radical (unpaired) electrons. The number of rotatable bonds is 5. The molecule has 6 nitrogen and oxygen atoms in total. The van der Waals surface area contributed by atoms with E-state index in [-0.39, 0.29) is 23.5 Å². The van der Waals surface area contributed by atoms with Crippen molar-refractivity contribution in [3.05, 3.63) is 95.1 Å². The van der Waals surface area contributed by atoms with E-state index in [1.807, 2.05) is 6.07 Å². The Morgan fingerprint density at radius 2 is 1.61 bits per heavy atom. The fourth-order valence-electron chi connectivity index (χ4n) is 2.41. The van der Waals surface area contributed by atoms with Crippen molar-refractivity contribution < 1.29 is 14.0 Å². The lowest BCUT2D eigenvalue weighted by Crippen LogP contribution is -2.23. The zero-order valence-electron chi connectivity index (χ0n) is 14.6. The summed E-state index contributed by atoms with van der Waals surface area (Å²) < 4.78 is 12.9. The quantitative estimate of drug-likeness (QED) is 0.716. The van der Waals surface area contributed by atoms with Crippen LogP contribution < -0.4 is 10.6 Å². The van der Waals surface area contributed by atoms with Crippen molar-refractivity contribution in [1.82, 2.24) is 10.3 Å². The van der Waals surface area contributed by atoms with Crippen LogP contribution in [0.15, 0.2) is 67.0 Å². The van der Waals surface area contributed by atoms with Gasteiger partial charge in [0.1, 0.15) is 5.82 Å². The Bertz CT molecular complexity index is 1040. The lowest BCUT2D eigenvalue weighted by molar-refractivity contribution is 0.0950. The minimum absolute atomic E-state index is 0.221. The number of anilines is 1. The number of nitrogens with one attached hydrogen (secondary N) is 2. The first-order chi connectivity index (χ1) is 13.5. The van der Waals surface area contributed by atoms with Gasteiger partial charge in [0, 0.05) is 24.6 Å². The average Bonchev–Trinajstić information content (AvgIpc) is 2.73. The molecule has 0 bridgehead atoms. The van der Waals surface area contributed by atoms with Gasteiger partial charge in [0.2, 0.25) is 0 Å². The van der Waals surface area contributed by atoms with Crippen molar-refractivity contribution in [2.24, 2.45) is 0 Å². The van der Waals surface area contributed by atoms with E-state index in [1.165, 1.54) is 30.6 Å². The Kier molecular flexibility index (Phi) is 5.72. The highest BCUT2D eigenvalue weighted by atomic mass is 19.1. The van der Waals surface area contributed by atoms with Crippen LogP contribution in [-0.4, -0.2) is 16.8 Å². The van der Waals surface area contributed by atoms with Gasteiger partial charge in [-0.15, -0.1) is 0 Å². The Balaban J connectivity index is 1.65. The van der Waals surface area contributed by atoms with Gasteiger partial charge in [0.25, 0.3) is 11.8 Å². The number of nitriles is 1. The third kappa shape index (κ3) is 4.77. The van der Waals surface area contributed by atoms with E-state index in [4.69, 9.17) is 5.26 Å². The first kappa shape index (κ1) is 18.7. The zero-order chi connectivity index (χ0) is 19.9. The minimum Gasteiger partial charge on any atom is -0.348 e. The van der Waals surface area contributed by atoms with E-state index in [0.29, 0.717) is 11.3 Å². The van der Waals surface area contributed by atoms with Gasteiger partial charge >= 0.3 is 0 Å². The summed E-state index contributed by atoms with van der Waals surface area (Å²) in [7, 11) is 0. The Hall–Kier alpha value is -4.05. The van der Waals surface area contributed by atoms with Crippen LogP contribution in [0.5, 0.6) is 0 Å². The van der Waals surface area contributed by atoms with Crippen LogP contribution in [0.3, 0.4) is 0 Å². The van der Waals surface area contributed by atoms with E-state index in [0.717, 1.165) is 5.56 Å². The van der Waals surface area contributed by atoms with Crippen LogP contribution in [0.2, 0.25) is 0 Å². The smallest absolute Gasteiger partial charge is 0.257 e. The van der Waals surface area contributed by atoms with Gasteiger partial charge in [-0.05, 0) is 48.0 Å². The number of halogens is 1. The molecule has 138 valence electrons. The second-order valence-corrected chi connectivity index (χ2v) is 5.91. The third-order valence-electron chi connectivity index (χ3n) is 3.90. The normalized spacial score (nSPS) is 10.0. The second kappa shape index (κ2) is 8.56. The molecule has 0 aliphatic carbocycles. The predicted octanol–water partition coefficient (Wildman–Crippen LogP) is 3.27. The highest BCUT2D eigenvalue weighted by Crippen LogP contribution is 2.12. The van der Waals surface area contributed by atoms with Gasteiger partial charge < -0.3 is 10.6 Å². The fourth-order valence-corrected chi connectivity index (χ4v) is 2.41. The first-order valence-electron chi connectivity index (χ1n) is 8.34. The molecule has 0 saturated carbocycles. The number of nitrogens with zero attached hydrogens (tertiary/aromatic N) is 2. The van der Waals surface area contributed by atoms with Gasteiger partial charge in [0.05, 0.1) is 22.8 Å². The van der Waals surface area contributed by atoms with E-state index in [9.17, 15) is 14.0 Å². The van der Waals surface area contributed by atoms with Crippen LogP contribution in [0.4, 0.5) is 10.1 Å². The molecule has 0 aliphatic heterocycles. The Morgan fingerprint density at radius 1 is 0.964 bits per heavy atom. The maximum atomic E-state index is 12.9. The van der Waals surface area contributed by atoms with Crippen LogP contribution in [0, 0.1) is 17.1 Å². The molecule has 0 spiro atoms. The highest BCUT2D eigenvalue weighted by Gasteiger charge is 2.12. The van der Waals surface area contributed by atoms with Crippen molar-refractivity contribution in [3.8, 4) is 6.07 Å². The van der Waals surface area contributed by atoms with Gasteiger partial charge in [-0.2, -0.15) is 5.26 Å². The molecule has 3 aromatic rings. The topological polar surface area (TPSA) is 94.9 Å². The molecule has 2 N–H and O–H groups in total. The second-order valence-electron chi connectivity index (χ2n) is 5.91. The number of carbonyl (C=O) groups excluding carboxylic acids is 2. The highest BCUT2D eigenvalue weighted by molar-refractivity contribution is 6.05.